The second kappa shape index (κ2) is 6.44. The second-order valence-corrected chi connectivity index (χ2v) is 3.79. The van der Waals surface area contributed by atoms with Gasteiger partial charge in [-0.2, -0.15) is 0 Å². The number of nitrogens with zero attached hydrogens (tertiary/aromatic N) is 1. The third-order valence-corrected chi connectivity index (χ3v) is 2.43. The van der Waals surface area contributed by atoms with E-state index in [0.29, 0.717) is 6.73 Å². The Balaban J connectivity index is 2.13. The molecule has 0 aromatic rings. The number of carboxylic acids is 1. The SMILES string of the molecule is CC(=O)OCN1CCC(OCC(=O)O)CC1. The highest BCUT2D eigenvalue weighted by Crippen LogP contribution is 2.13. The lowest BCUT2D eigenvalue weighted by molar-refractivity contribution is -0.150. The third kappa shape index (κ3) is 5.09. The van der Waals surface area contributed by atoms with Gasteiger partial charge in [-0.25, -0.2) is 4.79 Å². The van der Waals surface area contributed by atoms with Gasteiger partial charge in [0.05, 0.1) is 6.10 Å². The Hall–Kier alpha value is -1.14. The van der Waals surface area contributed by atoms with Gasteiger partial charge in [-0.05, 0) is 12.8 Å². The van der Waals surface area contributed by atoms with Gasteiger partial charge in [-0.15, -0.1) is 0 Å². The molecule has 1 aliphatic heterocycles. The Bertz CT molecular complexity index is 222. The molecule has 1 aliphatic rings. The lowest BCUT2D eigenvalue weighted by Crippen LogP contribution is -2.39. The monoisotopic (exact) mass is 231 g/mol. The van der Waals surface area contributed by atoms with Crippen LogP contribution in [0, 0.1) is 0 Å². The second-order valence-electron chi connectivity index (χ2n) is 3.79. The summed E-state index contributed by atoms with van der Waals surface area (Å²) in [4.78, 5) is 22.9. The van der Waals surface area contributed by atoms with Gasteiger partial charge in [-0.3, -0.25) is 9.69 Å². The van der Waals surface area contributed by atoms with E-state index in [0.717, 1.165) is 25.9 Å². The van der Waals surface area contributed by atoms with E-state index in [1.54, 1.807) is 0 Å². The molecular formula is C10H17NO5. The van der Waals surface area contributed by atoms with Crippen LogP contribution in [0.4, 0.5) is 0 Å². The number of esters is 1. The van der Waals surface area contributed by atoms with Crippen LogP contribution in [0.15, 0.2) is 0 Å². The molecule has 6 heteroatoms. The Labute approximate surface area is 94.1 Å². The zero-order valence-electron chi connectivity index (χ0n) is 9.35. The van der Waals surface area contributed by atoms with Gasteiger partial charge in [0, 0.05) is 20.0 Å². The van der Waals surface area contributed by atoms with Crippen LogP contribution in [0.1, 0.15) is 19.8 Å². The molecule has 6 nitrogen and oxygen atoms in total. The third-order valence-electron chi connectivity index (χ3n) is 2.43. The normalized spacial score (nSPS) is 18.3. The topological polar surface area (TPSA) is 76.1 Å². The molecule has 0 spiro atoms. The molecule has 1 fully saturated rings. The first-order valence-corrected chi connectivity index (χ1v) is 5.27. The van der Waals surface area contributed by atoms with Crippen LogP contribution in [0.5, 0.6) is 0 Å². The van der Waals surface area contributed by atoms with Crippen molar-refractivity contribution >= 4 is 11.9 Å². The fourth-order valence-electron chi connectivity index (χ4n) is 1.58. The van der Waals surface area contributed by atoms with Crippen molar-refractivity contribution in [1.29, 1.82) is 0 Å². The Morgan fingerprint density at radius 2 is 2.00 bits per heavy atom. The number of ether oxygens (including phenoxy) is 2. The molecule has 0 saturated carbocycles. The summed E-state index contributed by atoms with van der Waals surface area (Å²) in [6.45, 7) is 2.97. The van der Waals surface area contributed by atoms with Crippen LogP contribution in [0.3, 0.4) is 0 Å². The summed E-state index contributed by atoms with van der Waals surface area (Å²) in [5.74, 6) is -1.23. The number of hydrogen-bond donors (Lipinski definition) is 1. The van der Waals surface area contributed by atoms with Crippen molar-refractivity contribution in [2.45, 2.75) is 25.9 Å². The number of carboxylic acid groups (broad SMARTS) is 1. The first-order chi connectivity index (χ1) is 7.58. The highest BCUT2D eigenvalue weighted by Gasteiger charge is 2.20. The van der Waals surface area contributed by atoms with Gasteiger partial charge < -0.3 is 14.6 Å². The largest absolute Gasteiger partial charge is 0.480 e. The van der Waals surface area contributed by atoms with E-state index in [1.165, 1.54) is 6.92 Å². The predicted octanol–water partition coefficient (Wildman–Crippen LogP) is 0.0726. The van der Waals surface area contributed by atoms with Gasteiger partial charge in [0.15, 0.2) is 0 Å². The molecular weight excluding hydrogens is 214 g/mol. The molecule has 0 unspecified atom stereocenters. The van der Waals surface area contributed by atoms with Crippen LogP contribution >= 0.6 is 0 Å². The predicted molar refractivity (Wildman–Crippen MR) is 54.8 cm³/mol. The number of aliphatic carboxylic acids is 1. The van der Waals surface area contributed by atoms with Crippen LogP contribution in [-0.4, -0.2) is 54.5 Å². The van der Waals surface area contributed by atoms with Crippen molar-refractivity contribution in [2.75, 3.05) is 26.4 Å². The van der Waals surface area contributed by atoms with Gasteiger partial charge in [0.2, 0.25) is 0 Å². The van der Waals surface area contributed by atoms with E-state index in [1.807, 2.05) is 4.90 Å². The molecule has 0 atom stereocenters. The maximum atomic E-state index is 10.6. The van der Waals surface area contributed by atoms with Crippen molar-refractivity contribution in [1.82, 2.24) is 4.90 Å². The average molecular weight is 231 g/mol. The summed E-state index contributed by atoms with van der Waals surface area (Å²) >= 11 is 0. The van der Waals surface area contributed by atoms with Gasteiger partial charge in [-0.1, -0.05) is 0 Å². The molecule has 0 aromatic carbocycles. The van der Waals surface area contributed by atoms with Crippen LogP contribution in [0.25, 0.3) is 0 Å². The summed E-state index contributed by atoms with van der Waals surface area (Å²) < 4.78 is 10.1. The number of likely N-dealkylation sites (tertiary alicyclic amines) is 1. The first-order valence-electron chi connectivity index (χ1n) is 5.27. The van der Waals surface area contributed by atoms with Crippen LogP contribution < -0.4 is 0 Å². The van der Waals surface area contributed by atoms with Gasteiger partial charge in [0.25, 0.3) is 0 Å². The zero-order valence-corrected chi connectivity index (χ0v) is 9.35. The quantitative estimate of drug-likeness (QED) is 0.675. The van der Waals surface area contributed by atoms with Crippen LogP contribution in [0.2, 0.25) is 0 Å². The fraction of sp³-hybridized carbons (Fsp3) is 0.800. The summed E-state index contributed by atoms with van der Waals surface area (Å²) in [6, 6.07) is 0. The number of hydrogen-bond acceptors (Lipinski definition) is 5. The number of piperidine rings is 1. The minimum absolute atomic E-state index is 0.00433. The summed E-state index contributed by atoms with van der Waals surface area (Å²) in [6.07, 6.45) is 1.55. The van der Waals surface area contributed by atoms with E-state index in [2.05, 4.69) is 0 Å². The van der Waals surface area contributed by atoms with E-state index >= 15 is 0 Å². The van der Waals surface area contributed by atoms with Gasteiger partial charge in [0.1, 0.15) is 13.3 Å². The van der Waals surface area contributed by atoms with E-state index < -0.39 is 5.97 Å². The Morgan fingerprint density at radius 3 is 2.50 bits per heavy atom. The minimum atomic E-state index is -0.942. The molecule has 0 aromatic heterocycles. The van der Waals surface area contributed by atoms with E-state index in [-0.39, 0.29) is 18.7 Å². The van der Waals surface area contributed by atoms with E-state index in [9.17, 15) is 9.59 Å². The minimum Gasteiger partial charge on any atom is -0.480 e. The standard InChI is InChI=1S/C10H17NO5/c1-8(12)16-7-11-4-2-9(3-5-11)15-6-10(13)14/h9H,2-7H2,1H3,(H,13,14). The number of carbonyl (C=O) groups excluding carboxylic acids is 1. The highest BCUT2D eigenvalue weighted by atomic mass is 16.5. The number of rotatable bonds is 5. The lowest BCUT2D eigenvalue weighted by Gasteiger charge is -2.30. The van der Waals surface area contributed by atoms with Crippen molar-refractivity contribution in [3.63, 3.8) is 0 Å². The van der Waals surface area contributed by atoms with Crippen molar-refractivity contribution in [2.24, 2.45) is 0 Å². The highest BCUT2D eigenvalue weighted by molar-refractivity contribution is 5.68. The maximum absolute atomic E-state index is 10.6. The molecule has 1 N–H and O–H groups in total. The molecule has 1 rings (SSSR count). The average Bonchev–Trinajstić information content (AvgIpc) is 2.25. The Kier molecular flexibility index (Phi) is 5.21. The molecule has 0 aliphatic carbocycles. The molecule has 1 heterocycles. The number of carbonyl (C=O) groups is 2. The first kappa shape index (κ1) is 12.9. The molecule has 0 bridgehead atoms. The summed E-state index contributed by atoms with van der Waals surface area (Å²) in [7, 11) is 0. The van der Waals surface area contributed by atoms with Crippen molar-refractivity contribution < 1.29 is 24.2 Å². The smallest absolute Gasteiger partial charge is 0.329 e. The molecule has 0 radical (unpaired) electrons. The van der Waals surface area contributed by atoms with Crippen molar-refractivity contribution in [3.8, 4) is 0 Å². The molecule has 0 amide bonds. The molecule has 1 saturated heterocycles. The molecule has 92 valence electrons. The summed E-state index contributed by atoms with van der Waals surface area (Å²) in [5, 5.41) is 8.45. The van der Waals surface area contributed by atoms with Crippen LogP contribution in [-0.2, 0) is 19.1 Å². The Morgan fingerprint density at radius 1 is 1.38 bits per heavy atom. The van der Waals surface area contributed by atoms with Crippen molar-refractivity contribution in [3.05, 3.63) is 0 Å². The molecule has 16 heavy (non-hydrogen) atoms. The fourth-order valence-corrected chi connectivity index (χ4v) is 1.58. The zero-order chi connectivity index (χ0) is 12.0. The van der Waals surface area contributed by atoms with E-state index in [4.69, 9.17) is 14.6 Å². The summed E-state index contributed by atoms with van der Waals surface area (Å²) in [5.41, 5.74) is 0. The lowest BCUT2D eigenvalue weighted by atomic mass is 10.1. The maximum Gasteiger partial charge on any atom is 0.329 e. The van der Waals surface area contributed by atoms with Gasteiger partial charge >= 0.3 is 11.9 Å².